The van der Waals surface area contributed by atoms with Gasteiger partial charge in [-0.05, 0) is 63.4 Å². The van der Waals surface area contributed by atoms with Gasteiger partial charge in [0.05, 0.1) is 23.6 Å². The zero-order valence-electron chi connectivity index (χ0n) is 22.1. The highest BCUT2D eigenvalue weighted by molar-refractivity contribution is 5.83. The lowest BCUT2D eigenvalue weighted by atomic mass is 10.0. The minimum Gasteiger partial charge on any atom is -0.370 e. The molecule has 4 aromatic rings. The van der Waals surface area contributed by atoms with Crippen molar-refractivity contribution in [2.45, 2.75) is 33.7 Å². The Labute approximate surface area is 220 Å². The lowest BCUT2D eigenvalue weighted by Gasteiger charge is -2.22. The average Bonchev–Trinajstić information content (AvgIpc) is 3.56. The minimum absolute atomic E-state index is 0.0128. The highest BCUT2D eigenvalue weighted by Gasteiger charge is 2.39. The summed E-state index contributed by atoms with van der Waals surface area (Å²) in [6.45, 7) is 13.6. The Bertz CT molecular complexity index is 1470. The molecular formula is C28H32F2N8. The lowest BCUT2D eigenvalue weighted by Crippen LogP contribution is -2.28. The van der Waals surface area contributed by atoms with Crippen LogP contribution in [0.25, 0.3) is 22.3 Å². The molecule has 2 fully saturated rings. The van der Waals surface area contributed by atoms with Crippen molar-refractivity contribution in [1.82, 2.24) is 29.4 Å². The number of nitrogens with one attached hydrogen (secondary N) is 1. The quantitative estimate of drug-likeness (QED) is 0.377. The van der Waals surface area contributed by atoms with Gasteiger partial charge in [-0.15, -0.1) is 0 Å². The van der Waals surface area contributed by atoms with Crippen molar-refractivity contribution in [3.63, 3.8) is 0 Å². The van der Waals surface area contributed by atoms with E-state index in [0.29, 0.717) is 34.6 Å². The van der Waals surface area contributed by atoms with E-state index in [9.17, 15) is 8.78 Å². The van der Waals surface area contributed by atoms with Crippen molar-refractivity contribution in [3.8, 4) is 11.3 Å². The van der Waals surface area contributed by atoms with Crippen LogP contribution in [0.1, 0.15) is 32.6 Å². The largest absolute Gasteiger partial charge is 0.370 e. The molecule has 2 unspecified atom stereocenters. The standard InChI is InChI=1S/C28H32F2N8/c1-5-36-12-19-14-37(15-20(19)13-36)21-6-7-25(31-10-21)34-28-32-11-23(30)26(35-28)18-8-22(29)27-24(9-18)38(16(2)3)17(4)33-27/h6-11,16,19-20H,5,12-15H2,1-4H3,(H,31,32,34,35). The monoisotopic (exact) mass is 518 g/mol. The fourth-order valence-electron chi connectivity index (χ4n) is 6.01. The number of halogens is 2. The number of pyridine rings is 1. The Hall–Kier alpha value is -3.66. The molecule has 3 aromatic heterocycles. The van der Waals surface area contributed by atoms with Gasteiger partial charge in [-0.2, -0.15) is 0 Å². The van der Waals surface area contributed by atoms with E-state index in [4.69, 9.17) is 0 Å². The van der Waals surface area contributed by atoms with Crippen LogP contribution in [0.3, 0.4) is 0 Å². The predicted molar refractivity (Wildman–Crippen MR) is 145 cm³/mol. The molecular weight excluding hydrogens is 486 g/mol. The normalized spacial score (nSPS) is 19.6. The first-order valence-corrected chi connectivity index (χ1v) is 13.2. The smallest absolute Gasteiger partial charge is 0.229 e. The summed E-state index contributed by atoms with van der Waals surface area (Å²) in [5, 5.41) is 3.06. The second-order valence-electron chi connectivity index (χ2n) is 10.6. The molecule has 0 amide bonds. The minimum atomic E-state index is -0.633. The molecule has 6 rings (SSSR count). The molecule has 1 N–H and O–H groups in total. The number of fused-ring (bicyclic) bond motifs is 2. The molecule has 0 saturated carbocycles. The van der Waals surface area contributed by atoms with Crippen LogP contribution >= 0.6 is 0 Å². The zero-order valence-corrected chi connectivity index (χ0v) is 22.1. The molecule has 2 atom stereocenters. The molecule has 8 nitrogen and oxygen atoms in total. The number of anilines is 3. The number of likely N-dealkylation sites (tertiary alicyclic amines) is 1. The van der Waals surface area contributed by atoms with E-state index in [1.807, 2.05) is 43.7 Å². The number of nitrogens with zero attached hydrogens (tertiary/aromatic N) is 7. The Balaban J connectivity index is 1.22. The summed E-state index contributed by atoms with van der Waals surface area (Å²) in [5.74, 6) is 1.72. The van der Waals surface area contributed by atoms with E-state index in [0.717, 1.165) is 31.5 Å². The molecule has 38 heavy (non-hydrogen) atoms. The summed E-state index contributed by atoms with van der Waals surface area (Å²) in [6.07, 6.45) is 2.94. The van der Waals surface area contributed by atoms with Gasteiger partial charge in [0.25, 0.3) is 0 Å². The maximum atomic E-state index is 15.0. The fourth-order valence-corrected chi connectivity index (χ4v) is 6.01. The maximum Gasteiger partial charge on any atom is 0.229 e. The molecule has 5 heterocycles. The van der Waals surface area contributed by atoms with Gasteiger partial charge in [0.1, 0.15) is 22.9 Å². The molecule has 2 saturated heterocycles. The van der Waals surface area contributed by atoms with Crippen LogP contribution in [0.2, 0.25) is 0 Å². The van der Waals surface area contributed by atoms with Crippen LogP contribution in [0.4, 0.5) is 26.2 Å². The Kier molecular flexibility index (Phi) is 6.22. The third-order valence-corrected chi connectivity index (χ3v) is 7.82. The molecule has 198 valence electrons. The topological polar surface area (TPSA) is 75.0 Å². The van der Waals surface area contributed by atoms with Crippen LogP contribution in [0.15, 0.2) is 36.7 Å². The average molecular weight is 519 g/mol. The third kappa shape index (κ3) is 4.36. The van der Waals surface area contributed by atoms with Crippen LogP contribution in [0.5, 0.6) is 0 Å². The molecule has 0 radical (unpaired) electrons. The molecule has 0 bridgehead atoms. The third-order valence-electron chi connectivity index (χ3n) is 7.82. The van der Waals surface area contributed by atoms with Crippen LogP contribution < -0.4 is 10.2 Å². The molecule has 2 aliphatic rings. The van der Waals surface area contributed by atoms with Crippen molar-refractivity contribution in [2.75, 3.05) is 42.9 Å². The molecule has 0 spiro atoms. The number of aryl methyl sites for hydroxylation is 1. The number of imidazole rings is 1. The Morgan fingerprint density at radius 3 is 2.39 bits per heavy atom. The van der Waals surface area contributed by atoms with Gasteiger partial charge in [-0.3, -0.25) is 0 Å². The van der Waals surface area contributed by atoms with Crippen molar-refractivity contribution in [2.24, 2.45) is 11.8 Å². The maximum absolute atomic E-state index is 15.0. The van der Waals surface area contributed by atoms with Gasteiger partial charge >= 0.3 is 0 Å². The lowest BCUT2D eigenvalue weighted by molar-refractivity contribution is 0.334. The number of aromatic nitrogens is 5. The van der Waals surface area contributed by atoms with Gasteiger partial charge in [-0.1, -0.05) is 6.92 Å². The number of hydrogen-bond donors (Lipinski definition) is 1. The summed E-state index contributed by atoms with van der Waals surface area (Å²) in [7, 11) is 0. The predicted octanol–water partition coefficient (Wildman–Crippen LogP) is 5.19. The van der Waals surface area contributed by atoms with E-state index in [1.165, 1.54) is 19.2 Å². The van der Waals surface area contributed by atoms with Crippen LogP contribution in [-0.4, -0.2) is 62.1 Å². The second kappa shape index (κ2) is 9.58. The van der Waals surface area contributed by atoms with Gasteiger partial charge in [0, 0.05) is 37.8 Å². The first-order chi connectivity index (χ1) is 18.3. The first-order valence-electron chi connectivity index (χ1n) is 13.2. The van der Waals surface area contributed by atoms with Gasteiger partial charge in [0.15, 0.2) is 11.6 Å². The van der Waals surface area contributed by atoms with Crippen LogP contribution in [-0.2, 0) is 0 Å². The molecule has 1 aromatic carbocycles. The molecule has 0 aliphatic carbocycles. The summed E-state index contributed by atoms with van der Waals surface area (Å²) >= 11 is 0. The fraction of sp³-hybridized carbons (Fsp3) is 0.429. The van der Waals surface area contributed by atoms with Crippen molar-refractivity contribution >= 4 is 28.5 Å². The Morgan fingerprint density at radius 2 is 1.74 bits per heavy atom. The van der Waals surface area contributed by atoms with E-state index in [2.05, 4.69) is 42.0 Å². The second-order valence-corrected chi connectivity index (χ2v) is 10.6. The number of benzene rings is 1. The molecule has 2 aliphatic heterocycles. The van der Waals surface area contributed by atoms with E-state index >= 15 is 0 Å². The molecule has 10 heteroatoms. The van der Waals surface area contributed by atoms with Gasteiger partial charge in [0.2, 0.25) is 5.95 Å². The van der Waals surface area contributed by atoms with Crippen molar-refractivity contribution in [3.05, 3.63) is 54.1 Å². The summed E-state index contributed by atoms with van der Waals surface area (Å²) < 4.78 is 31.7. The van der Waals surface area contributed by atoms with Gasteiger partial charge in [-0.25, -0.2) is 28.7 Å². The SMILES string of the molecule is CCN1CC2CN(c3ccc(Nc4ncc(F)c(-c5cc(F)c6nc(C)n(C(C)C)c6c5)n4)nc3)CC2C1. The van der Waals surface area contributed by atoms with Crippen molar-refractivity contribution in [1.29, 1.82) is 0 Å². The number of hydrogen-bond acceptors (Lipinski definition) is 7. The van der Waals surface area contributed by atoms with Crippen LogP contribution in [0, 0.1) is 30.4 Å². The number of rotatable bonds is 6. The van der Waals surface area contributed by atoms with Gasteiger partial charge < -0.3 is 19.7 Å². The Morgan fingerprint density at radius 1 is 0.974 bits per heavy atom. The van der Waals surface area contributed by atoms with E-state index in [-0.39, 0.29) is 23.2 Å². The highest BCUT2D eigenvalue weighted by atomic mass is 19.1. The van der Waals surface area contributed by atoms with E-state index in [1.54, 1.807) is 6.07 Å². The summed E-state index contributed by atoms with van der Waals surface area (Å²) in [6, 6.07) is 6.99. The zero-order chi connectivity index (χ0) is 26.6. The van der Waals surface area contributed by atoms with Crippen molar-refractivity contribution < 1.29 is 8.78 Å². The summed E-state index contributed by atoms with van der Waals surface area (Å²) in [4.78, 5) is 22.3. The first kappa shape index (κ1) is 24.7. The highest BCUT2D eigenvalue weighted by Crippen LogP contribution is 2.34. The van der Waals surface area contributed by atoms with E-state index < -0.39 is 11.6 Å². The summed E-state index contributed by atoms with van der Waals surface area (Å²) in [5.41, 5.74) is 2.30.